The van der Waals surface area contributed by atoms with E-state index in [9.17, 15) is 4.79 Å². The van der Waals surface area contributed by atoms with E-state index >= 15 is 0 Å². The van der Waals surface area contributed by atoms with Crippen molar-refractivity contribution >= 4 is 33.2 Å². The van der Waals surface area contributed by atoms with E-state index in [1.54, 1.807) is 16.2 Å². The van der Waals surface area contributed by atoms with E-state index in [1.807, 2.05) is 42.2 Å². The third-order valence-electron chi connectivity index (χ3n) is 2.77. The minimum Gasteiger partial charge on any atom is -0.343 e. The Morgan fingerprint density at radius 3 is 2.94 bits per heavy atom. The minimum atomic E-state index is 0.0498. The number of thiophene rings is 1. The van der Waals surface area contributed by atoms with Crippen molar-refractivity contribution in [2.45, 2.75) is 20.0 Å². The van der Waals surface area contributed by atoms with Crippen LogP contribution in [0, 0.1) is 0 Å². The predicted molar refractivity (Wildman–Crippen MR) is 77.9 cm³/mol. The fourth-order valence-electron chi connectivity index (χ4n) is 1.84. The summed E-state index contributed by atoms with van der Waals surface area (Å²) in [5.41, 5.74) is 1.90. The number of aryl methyl sites for hydroxylation is 1. The van der Waals surface area contributed by atoms with Gasteiger partial charge in [-0.05, 0) is 51.3 Å². The number of nitrogens with zero attached hydrogens (tertiary/aromatic N) is 2. The zero-order chi connectivity index (χ0) is 13.1. The summed E-state index contributed by atoms with van der Waals surface area (Å²) in [6.07, 6.45) is 1.94. The molecule has 3 nitrogen and oxygen atoms in total. The van der Waals surface area contributed by atoms with Gasteiger partial charge in [0.05, 0.1) is 0 Å². The van der Waals surface area contributed by atoms with Crippen molar-refractivity contribution in [3.05, 3.63) is 44.8 Å². The maximum absolute atomic E-state index is 12.4. The van der Waals surface area contributed by atoms with E-state index in [1.165, 1.54) is 5.56 Å². The summed E-state index contributed by atoms with van der Waals surface area (Å²) in [5, 5.41) is 4.09. The number of carbonyl (C=O) groups excluding carboxylic acids is 1. The van der Waals surface area contributed by atoms with Crippen LogP contribution in [0.4, 0.5) is 0 Å². The van der Waals surface area contributed by atoms with Gasteiger partial charge >= 0.3 is 0 Å². The molecule has 0 bridgehead atoms. The van der Waals surface area contributed by atoms with Crippen molar-refractivity contribution in [2.75, 3.05) is 7.05 Å². The predicted octanol–water partition coefficient (Wildman–Crippen LogP) is 3.60. The summed E-state index contributed by atoms with van der Waals surface area (Å²) in [5.74, 6) is 0.0498. The molecule has 2 aromatic rings. The third kappa shape index (κ3) is 2.84. The lowest BCUT2D eigenvalue weighted by Gasteiger charge is -2.17. The quantitative estimate of drug-likeness (QED) is 0.842. The molecule has 0 aromatic carbocycles. The first-order valence-electron chi connectivity index (χ1n) is 5.74. The lowest BCUT2D eigenvalue weighted by atomic mass is 10.3. The molecule has 2 aromatic heterocycles. The molecule has 18 heavy (non-hydrogen) atoms. The molecule has 0 aliphatic rings. The molecule has 0 N–H and O–H groups in total. The van der Waals surface area contributed by atoms with Crippen LogP contribution in [0.3, 0.4) is 0 Å². The molecule has 2 rings (SSSR count). The van der Waals surface area contributed by atoms with Crippen LogP contribution in [0.5, 0.6) is 0 Å². The monoisotopic (exact) mass is 326 g/mol. The van der Waals surface area contributed by atoms with Crippen LogP contribution >= 0.6 is 27.3 Å². The second kappa shape index (κ2) is 5.71. The Hall–Kier alpha value is -1.07. The molecule has 0 saturated heterocycles. The van der Waals surface area contributed by atoms with Crippen LogP contribution in [0.25, 0.3) is 0 Å². The van der Waals surface area contributed by atoms with Crippen molar-refractivity contribution in [3.8, 4) is 0 Å². The third-order valence-corrected chi connectivity index (χ3v) is 3.94. The Kier molecular flexibility index (Phi) is 4.24. The summed E-state index contributed by atoms with van der Waals surface area (Å²) in [7, 11) is 1.83. The van der Waals surface area contributed by atoms with Crippen molar-refractivity contribution in [1.82, 2.24) is 9.47 Å². The second-order valence-electron chi connectivity index (χ2n) is 4.12. The molecule has 0 saturated carbocycles. The summed E-state index contributed by atoms with van der Waals surface area (Å²) >= 11 is 5.06. The summed E-state index contributed by atoms with van der Waals surface area (Å²) in [4.78, 5) is 14.1. The van der Waals surface area contributed by atoms with Gasteiger partial charge in [0, 0.05) is 30.8 Å². The fourth-order valence-corrected chi connectivity index (χ4v) is 2.96. The normalized spacial score (nSPS) is 10.6. The average molecular weight is 327 g/mol. The van der Waals surface area contributed by atoms with Crippen LogP contribution < -0.4 is 0 Å². The number of hydrogen-bond acceptors (Lipinski definition) is 2. The Morgan fingerprint density at radius 1 is 1.56 bits per heavy atom. The van der Waals surface area contributed by atoms with Gasteiger partial charge in [-0.2, -0.15) is 11.3 Å². The van der Waals surface area contributed by atoms with E-state index < -0.39 is 0 Å². The smallest absolute Gasteiger partial charge is 0.270 e. The largest absolute Gasteiger partial charge is 0.343 e. The van der Waals surface area contributed by atoms with Crippen molar-refractivity contribution in [1.29, 1.82) is 0 Å². The first-order valence-corrected chi connectivity index (χ1v) is 7.47. The van der Waals surface area contributed by atoms with Crippen LogP contribution in [0.15, 0.2) is 33.6 Å². The lowest BCUT2D eigenvalue weighted by molar-refractivity contribution is 0.0774. The van der Waals surface area contributed by atoms with Crippen molar-refractivity contribution in [2.24, 2.45) is 0 Å². The Labute approximate surface area is 119 Å². The number of rotatable bonds is 4. The number of hydrogen-bond donors (Lipinski definition) is 0. The Morgan fingerprint density at radius 2 is 2.33 bits per heavy atom. The van der Waals surface area contributed by atoms with Gasteiger partial charge in [-0.3, -0.25) is 4.79 Å². The molecule has 0 aliphatic carbocycles. The highest BCUT2D eigenvalue weighted by atomic mass is 79.9. The zero-order valence-electron chi connectivity index (χ0n) is 10.4. The van der Waals surface area contributed by atoms with Crippen LogP contribution in [0.2, 0.25) is 0 Å². The molecular weight excluding hydrogens is 312 g/mol. The topological polar surface area (TPSA) is 25.2 Å². The summed E-state index contributed by atoms with van der Waals surface area (Å²) in [6, 6.07) is 3.92. The molecule has 1 amide bonds. The highest BCUT2D eigenvalue weighted by Crippen LogP contribution is 2.17. The van der Waals surface area contributed by atoms with E-state index in [0.29, 0.717) is 6.54 Å². The van der Waals surface area contributed by atoms with Gasteiger partial charge in [-0.25, -0.2) is 0 Å². The molecule has 0 atom stereocenters. The van der Waals surface area contributed by atoms with E-state index in [2.05, 4.69) is 21.3 Å². The minimum absolute atomic E-state index is 0.0498. The van der Waals surface area contributed by atoms with Gasteiger partial charge in [-0.15, -0.1) is 0 Å². The van der Waals surface area contributed by atoms with Gasteiger partial charge < -0.3 is 9.47 Å². The van der Waals surface area contributed by atoms with Gasteiger partial charge in [0.2, 0.25) is 0 Å². The number of aromatic nitrogens is 1. The van der Waals surface area contributed by atoms with Crippen LogP contribution in [0.1, 0.15) is 23.0 Å². The molecule has 2 heterocycles. The highest BCUT2D eigenvalue weighted by molar-refractivity contribution is 9.10. The van der Waals surface area contributed by atoms with Crippen molar-refractivity contribution < 1.29 is 4.79 Å². The number of amides is 1. The zero-order valence-corrected chi connectivity index (χ0v) is 12.8. The lowest BCUT2D eigenvalue weighted by Crippen LogP contribution is -2.27. The van der Waals surface area contributed by atoms with Gasteiger partial charge in [-0.1, -0.05) is 0 Å². The standard InChI is InChI=1S/C13H15BrN2OS/c1-3-16-8-11(14)6-12(16)13(17)15(2)7-10-4-5-18-9-10/h4-6,8-9H,3,7H2,1-2H3. The summed E-state index contributed by atoms with van der Waals surface area (Å²) < 4.78 is 2.90. The molecule has 0 aliphatic heterocycles. The van der Waals surface area contributed by atoms with Crippen LogP contribution in [-0.4, -0.2) is 22.4 Å². The van der Waals surface area contributed by atoms with E-state index in [0.717, 1.165) is 16.7 Å². The maximum Gasteiger partial charge on any atom is 0.270 e. The molecule has 0 radical (unpaired) electrons. The molecule has 5 heteroatoms. The van der Waals surface area contributed by atoms with Crippen molar-refractivity contribution in [3.63, 3.8) is 0 Å². The first-order chi connectivity index (χ1) is 8.61. The first kappa shape index (κ1) is 13.4. The Balaban J connectivity index is 2.15. The SMILES string of the molecule is CCn1cc(Br)cc1C(=O)N(C)Cc1ccsc1. The highest BCUT2D eigenvalue weighted by Gasteiger charge is 2.16. The van der Waals surface area contributed by atoms with Gasteiger partial charge in [0.25, 0.3) is 5.91 Å². The van der Waals surface area contributed by atoms with Gasteiger partial charge in [0.15, 0.2) is 0 Å². The molecule has 0 spiro atoms. The molecular formula is C13H15BrN2OS. The Bertz CT molecular complexity index is 533. The molecule has 96 valence electrons. The average Bonchev–Trinajstić information content (AvgIpc) is 2.97. The molecule has 0 unspecified atom stereocenters. The van der Waals surface area contributed by atoms with E-state index in [-0.39, 0.29) is 5.91 Å². The number of carbonyl (C=O) groups is 1. The fraction of sp³-hybridized carbons (Fsp3) is 0.308. The summed E-state index contributed by atoms with van der Waals surface area (Å²) in [6.45, 7) is 3.47. The van der Waals surface area contributed by atoms with E-state index in [4.69, 9.17) is 0 Å². The van der Waals surface area contributed by atoms with Gasteiger partial charge in [0.1, 0.15) is 5.69 Å². The number of halogens is 1. The van der Waals surface area contributed by atoms with Crippen LogP contribution in [-0.2, 0) is 13.1 Å². The second-order valence-corrected chi connectivity index (χ2v) is 5.82. The molecule has 0 fully saturated rings. The maximum atomic E-state index is 12.4.